The molecule has 2 heterocycles. The molecule has 0 aliphatic carbocycles. The number of ether oxygens (including phenoxy) is 1. The van der Waals surface area contributed by atoms with Gasteiger partial charge < -0.3 is 4.74 Å². The number of halogens is 1. The highest BCUT2D eigenvalue weighted by Crippen LogP contribution is 2.42. The summed E-state index contributed by atoms with van der Waals surface area (Å²) >= 11 is 5.28. The van der Waals surface area contributed by atoms with Crippen LogP contribution in [0, 0.1) is 11.3 Å². The third-order valence-electron chi connectivity index (χ3n) is 3.64. The van der Waals surface area contributed by atoms with Crippen molar-refractivity contribution in [2.45, 2.75) is 23.1 Å². The molecule has 2 atom stereocenters. The maximum absolute atomic E-state index is 8.18. The molecule has 6 heteroatoms. The van der Waals surface area contributed by atoms with E-state index in [9.17, 15) is 0 Å². The normalized spacial score (nSPS) is 23.6. The molecule has 22 heavy (non-hydrogen) atoms. The van der Waals surface area contributed by atoms with E-state index in [2.05, 4.69) is 37.4 Å². The van der Waals surface area contributed by atoms with Crippen molar-refractivity contribution in [1.82, 2.24) is 4.31 Å². The zero-order chi connectivity index (χ0) is 15.5. The topological polar surface area (TPSA) is 48.7 Å². The van der Waals surface area contributed by atoms with Crippen LogP contribution in [-0.4, -0.2) is 34.4 Å². The standard InChI is InChI=1S/C16H18BrN3OS/c1-2-21-15(18)14-10-20(22-12-6-4-3-5-7-12)16-13(14)8-11(17)9-19-16/h3-7,9,11,14,18H,2,8,10H2,1H3. The molecule has 1 N–H and O–H groups in total. The molecule has 2 aliphatic heterocycles. The third-order valence-corrected chi connectivity index (χ3v) is 5.23. The Hall–Kier alpha value is -1.27. The van der Waals surface area contributed by atoms with Crippen LogP contribution < -0.4 is 0 Å². The SMILES string of the molecule is CCOC(=N)C1CN(Sc2ccccc2)C2=C1CC(Br)C=N2. The van der Waals surface area contributed by atoms with Crippen LogP contribution >= 0.6 is 27.9 Å². The van der Waals surface area contributed by atoms with Gasteiger partial charge in [-0.25, -0.2) is 4.99 Å². The second-order valence-electron chi connectivity index (χ2n) is 5.16. The van der Waals surface area contributed by atoms with Gasteiger partial charge in [-0.1, -0.05) is 34.1 Å². The van der Waals surface area contributed by atoms with Gasteiger partial charge >= 0.3 is 0 Å². The Bertz CT molecular complexity index is 617. The second kappa shape index (κ2) is 6.87. The van der Waals surface area contributed by atoms with Gasteiger partial charge in [0.15, 0.2) is 5.90 Å². The molecule has 0 spiro atoms. The van der Waals surface area contributed by atoms with Crippen molar-refractivity contribution in [3.63, 3.8) is 0 Å². The van der Waals surface area contributed by atoms with Gasteiger partial charge in [0.1, 0.15) is 5.82 Å². The van der Waals surface area contributed by atoms with E-state index in [-0.39, 0.29) is 10.7 Å². The van der Waals surface area contributed by atoms with Crippen molar-refractivity contribution in [3.8, 4) is 0 Å². The van der Waals surface area contributed by atoms with Crippen LogP contribution in [0.25, 0.3) is 0 Å². The Labute approximate surface area is 143 Å². The Morgan fingerprint density at radius 3 is 2.95 bits per heavy atom. The molecule has 1 aromatic rings. The Morgan fingerprint density at radius 2 is 2.23 bits per heavy atom. The van der Waals surface area contributed by atoms with Crippen LogP contribution in [0.5, 0.6) is 0 Å². The molecule has 1 aromatic carbocycles. The summed E-state index contributed by atoms with van der Waals surface area (Å²) in [5.74, 6) is 1.34. The van der Waals surface area contributed by atoms with Gasteiger partial charge in [-0.2, -0.15) is 0 Å². The summed E-state index contributed by atoms with van der Waals surface area (Å²) in [6.45, 7) is 3.19. The average Bonchev–Trinajstić information content (AvgIpc) is 2.86. The van der Waals surface area contributed by atoms with E-state index in [0.717, 1.165) is 18.8 Å². The van der Waals surface area contributed by atoms with Crippen molar-refractivity contribution in [2.75, 3.05) is 13.2 Å². The van der Waals surface area contributed by atoms with E-state index < -0.39 is 0 Å². The van der Waals surface area contributed by atoms with Crippen LogP contribution in [0.2, 0.25) is 0 Å². The van der Waals surface area contributed by atoms with Crippen LogP contribution in [0.4, 0.5) is 0 Å². The summed E-state index contributed by atoms with van der Waals surface area (Å²) in [5, 5.41) is 8.18. The Kier molecular flexibility index (Phi) is 4.88. The molecule has 2 unspecified atom stereocenters. The molecule has 3 rings (SSSR count). The largest absolute Gasteiger partial charge is 0.481 e. The lowest BCUT2D eigenvalue weighted by Crippen LogP contribution is -2.23. The number of nitrogens with zero attached hydrogens (tertiary/aromatic N) is 2. The lowest BCUT2D eigenvalue weighted by molar-refractivity contribution is 0.300. The van der Waals surface area contributed by atoms with E-state index in [1.807, 2.05) is 31.3 Å². The highest BCUT2D eigenvalue weighted by atomic mass is 79.9. The summed E-state index contributed by atoms with van der Waals surface area (Å²) in [6.07, 6.45) is 2.81. The van der Waals surface area contributed by atoms with E-state index in [4.69, 9.17) is 10.1 Å². The van der Waals surface area contributed by atoms with Crippen LogP contribution in [0.15, 0.2) is 51.6 Å². The second-order valence-corrected chi connectivity index (χ2v) is 7.43. The molecule has 0 fully saturated rings. The predicted molar refractivity (Wildman–Crippen MR) is 94.7 cm³/mol. The first-order valence-electron chi connectivity index (χ1n) is 7.32. The van der Waals surface area contributed by atoms with Crippen LogP contribution in [0.1, 0.15) is 13.3 Å². The molecule has 0 amide bonds. The first kappa shape index (κ1) is 15.6. The summed E-state index contributed by atoms with van der Waals surface area (Å²) in [4.78, 5) is 6.02. The van der Waals surface area contributed by atoms with Gasteiger partial charge in [0.25, 0.3) is 0 Å². The van der Waals surface area contributed by atoms with Gasteiger partial charge in [0.2, 0.25) is 0 Å². The minimum Gasteiger partial charge on any atom is -0.481 e. The Morgan fingerprint density at radius 1 is 1.45 bits per heavy atom. The van der Waals surface area contributed by atoms with Crippen LogP contribution in [-0.2, 0) is 4.74 Å². The van der Waals surface area contributed by atoms with Crippen molar-refractivity contribution in [1.29, 1.82) is 5.41 Å². The summed E-state index contributed by atoms with van der Waals surface area (Å²) < 4.78 is 7.63. The van der Waals surface area contributed by atoms with Gasteiger partial charge in [0, 0.05) is 17.7 Å². The first-order chi connectivity index (χ1) is 10.7. The Balaban J connectivity index is 1.84. The van der Waals surface area contributed by atoms with Crippen molar-refractivity contribution in [3.05, 3.63) is 41.7 Å². The zero-order valence-corrected chi connectivity index (χ0v) is 14.7. The quantitative estimate of drug-likeness (QED) is 0.371. The van der Waals surface area contributed by atoms with E-state index >= 15 is 0 Å². The number of rotatable bonds is 4. The molecular formula is C16H18BrN3OS. The van der Waals surface area contributed by atoms with Crippen molar-refractivity contribution in [2.24, 2.45) is 10.9 Å². The first-order valence-corrected chi connectivity index (χ1v) is 9.01. The van der Waals surface area contributed by atoms with Gasteiger partial charge in [0.05, 0.1) is 17.4 Å². The molecule has 2 aliphatic rings. The van der Waals surface area contributed by atoms with E-state index in [1.165, 1.54) is 10.5 Å². The molecule has 0 radical (unpaired) electrons. The monoisotopic (exact) mass is 379 g/mol. The molecule has 0 saturated carbocycles. The molecule has 0 saturated heterocycles. The van der Waals surface area contributed by atoms with Gasteiger partial charge in [-0.3, -0.25) is 9.71 Å². The fraction of sp³-hybridized carbons (Fsp3) is 0.375. The number of aliphatic imine (C=N–C) groups is 1. The lowest BCUT2D eigenvalue weighted by Gasteiger charge is -2.20. The number of hydrogen-bond donors (Lipinski definition) is 1. The maximum Gasteiger partial charge on any atom is 0.189 e. The summed E-state index contributed by atoms with van der Waals surface area (Å²) in [5.41, 5.74) is 1.20. The number of alkyl halides is 1. The minimum atomic E-state index is 0.00339. The molecular weight excluding hydrogens is 362 g/mol. The number of hydrogen-bond acceptors (Lipinski definition) is 5. The third kappa shape index (κ3) is 3.22. The van der Waals surface area contributed by atoms with E-state index in [0.29, 0.717) is 12.5 Å². The maximum atomic E-state index is 8.18. The predicted octanol–water partition coefficient (Wildman–Crippen LogP) is 4.09. The number of benzene rings is 1. The highest BCUT2D eigenvalue weighted by molar-refractivity contribution is 9.10. The zero-order valence-electron chi connectivity index (χ0n) is 12.3. The molecule has 116 valence electrons. The average molecular weight is 380 g/mol. The van der Waals surface area contributed by atoms with Crippen molar-refractivity contribution >= 4 is 40.0 Å². The highest BCUT2D eigenvalue weighted by Gasteiger charge is 2.38. The lowest BCUT2D eigenvalue weighted by atomic mass is 9.96. The molecule has 4 nitrogen and oxygen atoms in total. The number of nitrogens with one attached hydrogen (secondary N) is 1. The minimum absolute atomic E-state index is 0.00339. The molecule has 0 bridgehead atoms. The van der Waals surface area contributed by atoms with Gasteiger partial charge in [-0.05, 0) is 43.0 Å². The van der Waals surface area contributed by atoms with Gasteiger partial charge in [-0.15, -0.1) is 0 Å². The summed E-state index contributed by atoms with van der Waals surface area (Å²) in [6, 6.07) is 10.3. The van der Waals surface area contributed by atoms with Crippen LogP contribution in [0.3, 0.4) is 0 Å². The summed E-state index contributed by atoms with van der Waals surface area (Å²) in [7, 11) is 0. The fourth-order valence-corrected chi connectivity index (χ4v) is 4.13. The smallest absolute Gasteiger partial charge is 0.189 e. The fourth-order valence-electron chi connectivity index (χ4n) is 2.66. The molecule has 0 aromatic heterocycles. The van der Waals surface area contributed by atoms with Crippen molar-refractivity contribution < 1.29 is 4.74 Å². The van der Waals surface area contributed by atoms with E-state index in [1.54, 1.807) is 11.9 Å².